The number of benzene rings is 2. The van der Waals surface area contributed by atoms with Crippen LogP contribution in [-0.4, -0.2) is 29.6 Å². The Hall–Kier alpha value is -2.93. The van der Waals surface area contributed by atoms with Gasteiger partial charge in [0.15, 0.2) is 5.11 Å². The monoisotopic (exact) mass is 399 g/mol. The molecule has 6 nitrogen and oxygen atoms in total. The normalized spacial score (nSPS) is 11.2. The molecule has 0 fully saturated rings. The Morgan fingerprint density at radius 2 is 1.71 bits per heavy atom. The number of carbonyl (C=O) groups is 2. The Balaban J connectivity index is 1.96. The molecule has 0 saturated carbocycles. The molecular weight excluding hydrogens is 374 g/mol. The molecule has 28 heavy (non-hydrogen) atoms. The summed E-state index contributed by atoms with van der Waals surface area (Å²) >= 11 is 5.21. The van der Waals surface area contributed by atoms with Crippen LogP contribution in [0.5, 0.6) is 5.75 Å². The van der Waals surface area contributed by atoms with E-state index in [2.05, 4.69) is 16.0 Å². The summed E-state index contributed by atoms with van der Waals surface area (Å²) in [5, 5.41) is 8.65. The molecule has 0 aliphatic rings. The zero-order chi connectivity index (χ0) is 20.5. The molecule has 0 bridgehead atoms. The van der Waals surface area contributed by atoms with Crippen LogP contribution < -0.4 is 20.7 Å². The van der Waals surface area contributed by atoms with Crippen molar-refractivity contribution in [3.8, 4) is 5.75 Å². The molecule has 0 aliphatic heterocycles. The number of thiocarbonyl (C=S) groups is 1. The van der Waals surface area contributed by atoms with Crippen molar-refractivity contribution in [2.24, 2.45) is 0 Å². The van der Waals surface area contributed by atoms with Crippen LogP contribution in [-0.2, 0) is 0 Å². The standard InChI is InChI=1S/C21H25N3O3S/c1-4-14(3)22-19(25)15-10-12-16(13-11-15)23-21(28)24-20(26)17-8-6-7-9-18(17)27-5-2/h6-14H,4-5H2,1-3H3,(H,22,25)(H2,23,24,26,28). The maximum absolute atomic E-state index is 12.4. The third kappa shape index (κ3) is 6.06. The smallest absolute Gasteiger partial charge is 0.261 e. The van der Waals surface area contributed by atoms with E-state index in [1.165, 1.54) is 0 Å². The van der Waals surface area contributed by atoms with E-state index >= 15 is 0 Å². The van der Waals surface area contributed by atoms with Crippen molar-refractivity contribution >= 4 is 34.8 Å². The van der Waals surface area contributed by atoms with Gasteiger partial charge < -0.3 is 15.4 Å². The summed E-state index contributed by atoms with van der Waals surface area (Å²) < 4.78 is 5.47. The van der Waals surface area contributed by atoms with Crippen molar-refractivity contribution in [1.82, 2.24) is 10.6 Å². The first-order chi connectivity index (χ1) is 13.4. The molecule has 3 N–H and O–H groups in total. The van der Waals surface area contributed by atoms with Gasteiger partial charge in [0.2, 0.25) is 0 Å². The van der Waals surface area contributed by atoms with Gasteiger partial charge in [-0.15, -0.1) is 0 Å². The number of hydrogen-bond acceptors (Lipinski definition) is 4. The summed E-state index contributed by atoms with van der Waals surface area (Å²) in [6, 6.07) is 14.0. The van der Waals surface area contributed by atoms with Gasteiger partial charge in [-0.3, -0.25) is 14.9 Å². The summed E-state index contributed by atoms with van der Waals surface area (Å²) in [4.78, 5) is 24.6. The summed E-state index contributed by atoms with van der Waals surface area (Å²) in [6.45, 7) is 6.29. The van der Waals surface area contributed by atoms with Crippen molar-refractivity contribution < 1.29 is 14.3 Å². The molecule has 0 radical (unpaired) electrons. The fraction of sp³-hybridized carbons (Fsp3) is 0.286. The van der Waals surface area contributed by atoms with Crippen LogP contribution in [0.25, 0.3) is 0 Å². The highest BCUT2D eigenvalue weighted by Gasteiger charge is 2.13. The van der Waals surface area contributed by atoms with Crippen LogP contribution in [0.4, 0.5) is 5.69 Å². The minimum atomic E-state index is -0.355. The van der Waals surface area contributed by atoms with E-state index in [0.717, 1.165) is 6.42 Å². The second kappa shape index (κ2) is 10.4. The van der Waals surface area contributed by atoms with E-state index in [-0.39, 0.29) is 23.0 Å². The lowest BCUT2D eigenvalue weighted by Gasteiger charge is -2.13. The van der Waals surface area contributed by atoms with E-state index in [1.807, 2.05) is 20.8 Å². The first-order valence-electron chi connectivity index (χ1n) is 9.19. The number of nitrogens with one attached hydrogen (secondary N) is 3. The van der Waals surface area contributed by atoms with Gasteiger partial charge in [-0.05, 0) is 68.9 Å². The Kier molecular flexibility index (Phi) is 7.95. The van der Waals surface area contributed by atoms with Crippen molar-refractivity contribution in [3.63, 3.8) is 0 Å². The van der Waals surface area contributed by atoms with Gasteiger partial charge in [0.25, 0.3) is 11.8 Å². The summed E-state index contributed by atoms with van der Waals surface area (Å²) in [7, 11) is 0. The van der Waals surface area contributed by atoms with Crippen LogP contribution in [0.2, 0.25) is 0 Å². The van der Waals surface area contributed by atoms with Gasteiger partial charge >= 0.3 is 0 Å². The summed E-state index contributed by atoms with van der Waals surface area (Å²) in [5.74, 6) is 0.0254. The number of para-hydroxylation sites is 1. The first kappa shape index (κ1) is 21.4. The Labute approximate surface area is 170 Å². The maximum Gasteiger partial charge on any atom is 0.261 e. The van der Waals surface area contributed by atoms with Crippen LogP contribution in [0.15, 0.2) is 48.5 Å². The van der Waals surface area contributed by atoms with Gasteiger partial charge in [0, 0.05) is 17.3 Å². The maximum atomic E-state index is 12.4. The van der Waals surface area contributed by atoms with Crippen molar-refractivity contribution in [2.45, 2.75) is 33.2 Å². The Morgan fingerprint density at radius 1 is 1.04 bits per heavy atom. The zero-order valence-corrected chi connectivity index (χ0v) is 17.1. The molecule has 0 spiro atoms. The Morgan fingerprint density at radius 3 is 2.36 bits per heavy atom. The van der Waals surface area contributed by atoms with Gasteiger partial charge in [-0.25, -0.2) is 0 Å². The lowest BCUT2D eigenvalue weighted by molar-refractivity contribution is 0.0937. The second-order valence-corrected chi connectivity index (χ2v) is 6.61. The third-order valence-corrected chi connectivity index (χ3v) is 4.26. The van der Waals surface area contributed by atoms with Gasteiger partial charge in [-0.1, -0.05) is 19.1 Å². The zero-order valence-electron chi connectivity index (χ0n) is 16.2. The third-order valence-electron chi connectivity index (χ3n) is 4.05. The fourth-order valence-electron chi connectivity index (χ4n) is 2.38. The topological polar surface area (TPSA) is 79.5 Å². The fourth-order valence-corrected chi connectivity index (χ4v) is 2.59. The lowest BCUT2D eigenvalue weighted by Crippen LogP contribution is -2.34. The van der Waals surface area contributed by atoms with Crippen LogP contribution in [0.3, 0.4) is 0 Å². The molecule has 0 aliphatic carbocycles. The molecule has 2 aromatic rings. The largest absolute Gasteiger partial charge is 0.493 e. The second-order valence-electron chi connectivity index (χ2n) is 6.20. The van der Waals surface area contributed by atoms with E-state index < -0.39 is 0 Å². The van der Waals surface area contributed by atoms with Crippen LogP contribution >= 0.6 is 12.2 Å². The first-order valence-corrected chi connectivity index (χ1v) is 9.60. The molecule has 0 saturated heterocycles. The average molecular weight is 400 g/mol. The molecule has 1 atom stereocenters. The SMILES string of the molecule is CCOc1ccccc1C(=O)NC(=S)Nc1ccc(C(=O)NC(C)CC)cc1. The van der Waals surface area contributed by atoms with Crippen molar-refractivity contribution in [2.75, 3.05) is 11.9 Å². The highest BCUT2D eigenvalue weighted by atomic mass is 32.1. The molecule has 7 heteroatoms. The number of amides is 2. The highest BCUT2D eigenvalue weighted by molar-refractivity contribution is 7.80. The van der Waals surface area contributed by atoms with Gasteiger partial charge in [-0.2, -0.15) is 0 Å². The number of hydrogen-bond donors (Lipinski definition) is 3. The predicted molar refractivity (Wildman–Crippen MR) is 115 cm³/mol. The lowest BCUT2D eigenvalue weighted by atomic mass is 10.1. The highest BCUT2D eigenvalue weighted by Crippen LogP contribution is 2.18. The number of ether oxygens (including phenoxy) is 1. The van der Waals surface area contributed by atoms with Gasteiger partial charge in [0.05, 0.1) is 12.2 Å². The van der Waals surface area contributed by atoms with Crippen molar-refractivity contribution in [1.29, 1.82) is 0 Å². The number of anilines is 1. The minimum Gasteiger partial charge on any atom is -0.493 e. The molecule has 0 heterocycles. The number of carbonyl (C=O) groups excluding carboxylic acids is 2. The van der Waals surface area contributed by atoms with Crippen LogP contribution in [0.1, 0.15) is 47.9 Å². The summed E-state index contributed by atoms with van der Waals surface area (Å²) in [6.07, 6.45) is 0.867. The van der Waals surface area contributed by atoms with E-state index in [1.54, 1.807) is 48.5 Å². The molecule has 0 aromatic heterocycles. The van der Waals surface area contributed by atoms with Crippen LogP contribution in [0, 0.1) is 0 Å². The average Bonchev–Trinajstić information content (AvgIpc) is 2.68. The predicted octanol–water partition coefficient (Wildman–Crippen LogP) is 3.74. The Bertz CT molecular complexity index is 837. The molecule has 2 rings (SSSR count). The molecular formula is C21H25N3O3S. The van der Waals surface area contributed by atoms with Crippen molar-refractivity contribution in [3.05, 3.63) is 59.7 Å². The van der Waals surface area contributed by atoms with Gasteiger partial charge in [0.1, 0.15) is 5.75 Å². The molecule has 2 amide bonds. The minimum absolute atomic E-state index is 0.118. The molecule has 1 unspecified atom stereocenters. The molecule has 2 aromatic carbocycles. The summed E-state index contributed by atoms with van der Waals surface area (Å²) in [5.41, 5.74) is 1.64. The quantitative estimate of drug-likeness (QED) is 0.618. The molecule has 148 valence electrons. The van der Waals surface area contributed by atoms with E-state index in [4.69, 9.17) is 17.0 Å². The number of rotatable bonds is 7. The van der Waals surface area contributed by atoms with E-state index in [0.29, 0.717) is 29.2 Å². The van der Waals surface area contributed by atoms with E-state index in [9.17, 15) is 9.59 Å².